The van der Waals surface area contributed by atoms with Crippen molar-refractivity contribution in [2.24, 2.45) is 5.92 Å². The zero-order valence-corrected chi connectivity index (χ0v) is 9.65. The van der Waals surface area contributed by atoms with Gasteiger partial charge in [0, 0.05) is 25.2 Å². The van der Waals surface area contributed by atoms with Crippen LogP contribution in [0.4, 0.5) is 11.7 Å². The minimum absolute atomic E-state index is 0.0561. The van der Waals surface area contributed by atoms with Gasteiger partial charge in [0.2, 0.25) is 0 Å². The summed E-state index contributed by atoms with van der Waals surface area (Å²) >= 11 is 0. The van der Waals surface area contributed by atoms with Gasteiger partial charge in [0.15, 0.2) is 5.58 Å². The molecular weight excluding hydrogens is 254 g/mol. The molecule has 1 aromatic carbocycles. The van der Waals surface area contributed by atoms with Crippen molar-refractivity contribution in [1.82, 2.24) is 4.98 Å². The summed E-state index contributed by atoms with van der Waals surface area (Å²) in [5.41, 5.74) is 0.779. The van der Waals surface area contributed by atoms with Crippen molar-refractivity contribution >= 4 is 28.8 Å². The van der Waals surface area contributed by atoms with E-state index in [1.165, 1.54) is 18.2 Å². The second kappa shape index (κ2) is 3.94. The molecule has 1 saturated heterocycles. The number of nitro groups is 1. The van der Waals surface area contributed by atoms with E-state index in [4.69, 9.17) is 9.52 Å². The molecule has 1 fully saturated rings. The first-order valence-corrected chi connectivity index (χ1v) is 5.57. The van der Waals surface area contributed by atoms with Crippen LogP contribution >= 0.6 is 0 Å². The third-order valence-corrected chi connectivity index (χ3v) is 3.07. The normalized spacial score (nSPS) is 15.5. The highest BCUT2D eigenvalue weighted by Crippen LogP contribution is 2.29. The number of hydrogen-bond acceptors (Lipinski definition) is 6. The number of anilines is 1. The second-order valence-electron chi connectivity index (χ2n) is 4.35. The summed E-state index contributed by atoms with van der Waals surface area (Å²) in [6, 6.07) is 4.45. The third kappa shape index (κ3) is 1.86. The molecule has 1 aliphatic heterocycles. The number of aromatic nitrogens is 1. The van der Waals surface area contributed by atoms with Crippen molar-refractivity contribution in [3.8, 4) is 0 Å². The fourth-order valence-corrected chi connectivity index (χ4v) is 1.94. The van der Waals surface area contributed by atoms with Gasteiger partial charge in [0.1, 0.15) is 5.52 Å². The first-order valence-electron chi connectivity index (χ1n) is 5.57. The van der Waals surface area contributed by atoms with Crippen molar-refractivity contribution in [1.29, 1.82) is 0 Å². The minimum Gasteiger partial charge on any atom is -0.481 e. The number of carboxylic acid groups (broad SMARTS) is 1. The molecule has 1 aromatic heterocycles. The molecule has 0 spiro atoms. The molecule has 0 atom stereocenters. The fraction of sp³-hybridized carbons (Fsp3) is 0.273. The van der Waals surface area contributed by atoms with E-state index in [1.54, 1.807) is 4.90 Å². The highest BCUT2D eigenvalue weighted by atomic mass is 16.6. The highest BCUT2D eigenvalue weighted by Gasteiger charge is 2.35. The first-order chi connectivity index (χ1) is 9.04. The predicted molar refractivity (Wildman–Crippen MR) is 64.0 cm³/mol. The third-order valence-electron chi connectivity index (χ3n) is 3.07. The summed E-state index contributed by atoms with van der Waals surface area (Å²) < 4.78 is 5.43. The fourth-order valence-electron chi connectivity index (χ4n) is 1.94. The minimum atomic E-state index is -0.844. The van der Waals surface area contributed by atoms with Gasteiger partial charge in [-0.15, -0.1) is 0 Å². The molecule has 0 unspecified atom stereocenters. The van der Waals surface area contributed by atoms with E-state index in [2.05, 4.69) is 4.98 Å². The number of carboxylic acids is 1. The Morgan fingerprint density at radius 2 is 2.26 bits per heavy atom. The monoisotopic (exact) mass is 263 g/mol. The van der Waals surface area contributed by atoms with Crippen LogP contribution in [0.5, 0.6) is 0 Å². The second-order valence-corrected chi connectivity index (χ2v) is 4.35. The molecule has 98 valence electrons. The van der Waals surface area contributed by atoms with Gasteiger partial charge in [-0.25, -0.2) is 0 Å². The van der Waals surface area contributed by atoms with Gasteiger partial charge < -0.3 is 14.4 Å². The van der Waals surface area contributed by atoms with Gasteiger partial charge in [0.25, 0.3) is 11.7 Å². The number of aliphatic carboxylic acids is 1. The Labute approximate surface area is 106 Å². The Morgan fingerprint density at radius 3 is 2.89 bits per heavy atom. The van der Waals surface area contributed by atoms with Crippen molar-refractivity contribution in [3.05, 3.63) is 28.3 Å². The van der Waals surface area contributed by atoms with Crippen molar-refractivity contribution in [2.45, 2.75) is 0 Å². The van der Waals surface area contributed by atoms with Gasteiger partial charge in [-0.05, 0) is 6.07 Å². The predicted octanol–water partition coefficient (Wildman–Crippen LogP) is 1.26. The van der Waals surface area contributed by atoms with E-state index >= 15 is 0 Å². The van der Waals surface area contributed by atoms with Crippen LogP contribution in [0, 0.1) is 16.0 Å². The Bertz CT molecular complexity index is 674. The van der Waals surface area contributed by atoms with Crippen LogP contribution < -0.4 is 4.90 Å². The van der Waals surface area contributed by atoms with Gasteiger partial charge >= 0.3 is 5.97 Å². The number of carbonyl (C=O) groups is 1. The van der Waals surface area contributed by atoms with E-state index in [0.29, 0.717) is 30.2 Å². The van der Waals surface area contributed by atoms with Crippen LogP contribution in [0.3, 0.4) is 0 Å². The molecule has 19 heavy (non-hydrogen) atoms. The summed E-state index contributed by atoms with van der Waals surface area (Å²) in [7, 11) is 0. The van der Waals surface area contributed by atoms with Crippen LogP contribution in [-0.2, 0) is 4.79 Å². The van der Waals surface area contributed by atoms with Gasteiger partial charge in [0.05, 0.1) is 10.8 Å². The maximum atomic E-state index is 10.7. The molecule has 0 saturated carbocycles. The average molecular weight is 263 g/mol. The Morgan fingerprint density at radius 1 is 1.53 bits per heavy atom. The molecule has 2 heterocycles. The summed E-state index contributed by atoms with van der Waals surface area (Å²) in [6.45, 7) is 0.675. The number of rotatable bonds is 3. The standard InChI is InChI=1S/C11H9N3O5/c15-10(16)6-4-13(5-6)11-12-8-3-7(14(17)18)1-2-9(8)19-11/h1-3,6H,4-5H2,(H,15,16). The van der Waals surface area contributed by atoms with Gasteiger partial charge in [-0.3, -0.25) is 14.9 Å². The number of oxazole rings is 1. The lowest BCUT2D eigenvalue weighted by molar-refractivity contribution is -0.384. The number of non-ortho nitro benzene ring substituents is 1. The molecule has 0 amide bonds. The molecule has 8 nitrogen and oxygen atoms in total. The molecule has 8 heteroatoms. The van der Waals surface area contributed by atoms with Crippen LogP contribution in [0.1, 0.15) is 0 Å². The zero-order valence-electron chi connectivity index (χ0n) is 9.65. The lowest BCUT2D eigenvalue weighted by Crippen LogP contribution is -2.50. The van der Waals surface area contributed by atoms with Crippen LogP contribution in [0.2, 0.25) is 0 Å². The Balaban J connectivity index is 1.87. The summed E-state index contributed by atoms with van der Waals surface area (Å²) in [5, 5.41) is 19.4. The van der Waals surface area contributed by atoms with Crippen molar-refractivity contribution < 1.29 is 19.2 Å². The average Bonchev–Trinajstić information content (AvgIpc) is 2.67. The molecule has 1 aliphatic rings. The lowest BCUT2D eigenvalue weighted by Gasteiger charge is -2.35. The van der Waals surface area contributed by atoms with E-state index in [9.17, 15) is 14.9 Å². The summed E-state index contributed by atoms with van der Waals surface area (Å²) in [6.07, 6.45) is 0. The van der Waals surface area contributed by atoms with Gasteiger partial charge in [-0.2, -0.15) is 4.98 Å². The first kappa shape index (κ1) is 11.5. The molecule has 1 N–H and O–H groups in total. The number of benzene rings is 1. The zero-order chi connectivity index (χ0) is 13.6. The quantitative estimate of drug-likeness (QED) is 0.655. The molecule has 0 bridgehead atoms. The number of nitrogens with zero attached hydrogens (tertiary/aromatic N) is 3. The number of nitro benzene ring substituents is 1. The highest BCUT2D eigenvalue weighted by molar-refractivity contribution is 5.78. The molecule has 0 radical (unpaired) electrons. The molecule has 2 aromatic rings. The number of hydrogen-bond donors (Lipinski definition) is 1. The summed E-state index contributed by atoms with van der Waals surface area (Å²) in [4.78, 5) is 26.7. The van der Waals surface area contributed by atoms with Gasteiger partial charge in [-0.1, -0.05) is 0 Å². The molecule has 3 rings (SSSR count). The molecular formula is C11H9N3O5. The van der Waals surface area contributed by atoms with E-state index in [1.807, 2.05) is 0 Å². The number of fused-ring (bicyclic) bond motifs is 1. The SMILES string of the molecule is O=C(O)C1CN(c2nc3cc([N+](=O)[O-])ccc3o2)C1. The Hall–Kier alpha value is -2.64. The maximum absolute atomic E-state index is 10.7. The Kier molecular flexibility index (Phi) is 2.37. The lowest BCUT2D eigenvalue weighted by atomic mass is 10.0. The molecule has 0 aliphatic carbocycles. The summed E-state index contributed by atoms with van der Waals surface area (Å²) in [5.74, 6) is -1.26. The maximum Gasteiger partial charge on any atom is 0.310 e. The van der Waals surface area contributed by atoms with Crippen molar-refractivity contribution in [2.75, 3.05) is 18.0 Å². The van der Waals surface area contributed by atoms with E-state index in [-0.39, 0.29) is 5.69 Å². The smallest absolute Gasteiger partial charge is 0.310 e. The van der Waals surface area contributed by atoms with Crippen LogP contribution in [-0.4, -0.2) is 34.1 Å². The largest absolute Gasteiger partial charge is 0.481 e. The van der Waals surface area contributed by atoms with E-state index in [0.717, 1.165) is 0 Å². The van der Waals surface area contributed by atoms with Crippen LogP contribution in [0.15, 0.2) is 22.6 Å². The van der Waals surface area contributed by atoms with Crippen molar-refractivity contribution in [3.63, 3.8) is 0 Å². The van der Waals surface area contributed by atoms with E-state index < -0.39 is 16.8 Å². The van der Waals surface area contributed by atoms with Crippen LogP contribution in [0.25, 0.3) is 11.1 Å². The topological polar surface area (TPSA) is 110 Å².